The lowest BCUT2D eigenvalue weighted by Gasteiger charge is -2.32. The van der Waals surface area contributed by atoms with Crippen molar-refractivity contribution in [1.82, 2.24) is 29.8 Å². The van der Waals surface area contributed by atoms with Crippen LogP contribution in [0.1, 0.15) is 5.69 Å². The maximum Gasteiger partial charge on any atom is 0.182 e. The van der Waals surface area contributed by atoms with E-state index in [9.17, 15) is 0 Å². The average Bonchev–Trinajstić information content (AvgIpc) is 3.04. The molecule has 1 saturated heterocycles. The largest absolute Gasteiger partial charge is 0.304 e. The van der Waals surface area contributed by atoms with E-state index in [0.717, 1.165) is 67.3 Å². The summed E-state index contributed by atoms with van der Waals surface area (Å²) >= 11 is 6.59. The van der Waals surface area contributed by atoms with E-state index in [0.29, 0.717) is 5.02 Å². The molecular formula is C19H23ClN6. The highest BCUT2D eigenvalue weighted by atomic mass is 35.5. The molecule has 4 rings (SSSR count). The summed E-state index contributed by atoms with van der Waals surface area (Å²) in [5.41, 5.74) is 3.41. The first-order chi connectivity index (χ1) is 12.6. The van der Waals surface area contributed by atoms with Crippen LogP contribution in [-0.2, 0) is 6.54 Å². The number of rotatable bonds is 4. The predicted molar refractivity (Wildman–Crippen MR) is 104 cm³/mol. The van der Waals surface area contributed by atoms with Crippen molar-refractivity contribution in [2.24, 2.45) is 0 Å². The van der Waals surface area contributed by atoms with Crippen LogP contribution in [0.15, 0.2) is 30.3 Å². The van der Waals surface area contributed by atoms with E-state index in [2.05, 4.69) is 39.2 Å². The van der Waals surface area contributed by atoms with Crippen LogP contribution in [0.5, 0.6) is 0 Å². The SMILES string of the molecule is Cc1nnc2c(c(-c3ccccc3)nn2CCN2CCN(C)CC2)c1Cl. The van der Waals surface area contributed by atoms with E-state index >= 15 is 0 Å². The summed E-state index contributed by atoms with van der Waals surface area (Å²) in [6.45, 7) is 8.01. The maximum atomic E-state index is 6.59. The second-order valence-corrected chi connectivity index (χ2v) is 7.26. The third-order valence-electron chi connectivity index (χ3n) is 5.03. The Bertz CT molecular complexity index is 899. The lowest BCUT2D eigenvalue weighted by molar-refractivity contribution is 0.149. The number of benzene rings is 1. The molecule has 7 heteroatoms. The van der Waals surface area contributed by atoms with Crippen molar-refractivity contribution in [2.75, 3.05) is 39.8 Å². The Morgan fingerprint density at radius 3 is 2.46 bits per heavy atom. The van der Waals surface area contributed by atoms with Crippen molar-refractivity contribution < 1.29 is 0 Å². The zero-order valence-electron chi connectivity index (χ0n) is 15.2. The molecule has 0 N–H and O–H groups in total. The number of nitrogens with zero attached hydrogens (tertiary/aromatic N) is 6. The molecule has 0 spiro atoms. The number of hydrogen-bond donors (Lipinski definition) is 0. The summed E-state index contributed by atoms with van der Waals surface area (Å²) in [4.78, 5) is 4.83. The van der Waals surface area contributed by atoms with Crippen LogP contribution >= 0.6 is 11.6 Å². The van der Waals surface area contributed by atoms with E-state index in [1.54, 1.807) is 0 Å². The van der Waals surface area contributed by atoms with Crippen LogP contribution < -0.4 is 0 Å². The molecule has 0 atom stereocenters. The molecule has 0 amide bonds. The van der Waals surface area contributed by atoms with Crippen molar-refractivity contribution in [1.29, 1.82) is 0 Å². The standard InChI is InChI=1S/C19H23ClN6/c1-14-17(20)16-18(15-6-4-3-5-7-15)23-26(19(16)22-21-14)13-12-25-10-8-24(2)9-11-25/h3-7H,8-13H2,1-2H3. The first-order valence-corrected chi connectivity index (χ1v) is 9.37. The normalized spacial score (nSPS) is 16.4. The van der Waals surface area contributed by atoms with Gasteiger partial charge in [0.2, 0.25) is 0 Å². The first kappa shape index (κ1) is 17.4. The highest BCUT2D eigenvalue weighted by Gasteiger charge is 2.20. The smallest absolute Gasteiger partial charge is 0.182 e. The number of piperazine rings is 1. The maximum absolute atomic E-state index is 6.59. The van der Waals surface area contributed by atoms with Gasteiger partial charge in [0.15, 0.2) is 5.65 Å². The molecule has 0 bridgehead atoms. The van der Waals surface area contributed by atoms with Crippen LogP contribution in [0.25, 0.3) is 22.3 Å². The molecule has 0 aliphatic carbocycles. The second-order valence-electron chi connectivity index (χ2n) is 6.88. The van der Waals surface area contributed by atoms with Crippen molar-refractivity contribution in [3.63, 3.8) is 0 Å². The minimum atomic E-state index is 0.639. The minimum absolute atomic E-state index is 0.639. The minimum Gasteiger partial charge on any atom is -0.304 e. The van der Waals surface area contributed by atoms with Crippen molar-refractivity contribution in [2.45, 2.75) is 13.5 Å². The first-order valence-electron chi connectivity index (χ1n) is 8.99. The zero-order chi connectivity index (χ0) is 18.1. The average molecular weight is 371 g/mol. The fourth-order valence-electron chi connectivity index (χ4n) is 3.37. The predicted octanol–water partition coefficient (Wildman–Crippen LogP) is 2.70. The molecule has 0 unspecified atom stereocenters. The summed E-state index contributed by atoms with van der Waals surface area (Å²) in [6, 6.07) is 10.1. The third kappa shape index (κ3) is 3.32. The summed E-state index contributed by atoms with van der Waals surface area (Å²) in [6.07, 6.45) is 0. The molecule has 0 saturated carbocycles. The van der Waals surface area contributed by atoms with E-state index in [1.165, 1.54) is 0 Å². The Morgan fingerprint density at radius 1 is 1.00 bits per heavy atom. The van der Waals surface area contributed by atoms with Crippen molar-refractivity contribution in [3.05, 3.63) is 41.0 Å². The van der Waals surface area contributed by atoms with E-state index in [1.807, 2.05) is 29.8 Å². The fourth-order valence-corrected chi connectivity index (χ4v) is 3.58. The van der Waals surface area contributed by atoms with Gasteiger partial charge in [-0.2, -0.15) is 10.2 Å². The Hall–Kier alpha value is -2.02. The highest BCUT2D eigenvalue weighted by Crippen LogP contribution is 2.33. The second kappa shape index (κ2) is 7.31. The number of fused-ring (bicyclic) bond motifs is 1. The molecule has 3 heterocycles. The highest BCUT2D eigenvalue weighted by molar-refractivity contribution is 6.36. The van der Waals surface area contributed by atoms with Gasteiger partial charge in [-0.05, 0) is 14.0 Å². The van der Waals surface area contributed by atoms with Crippen LogP contribution in [0.2, 0.25) is 5.02 Å². The van der Waals surface area contributed by atoms with Gasteiger partial charge in [-0.1, -0.05) is 41.9 Å². The number of aromatic nitrogens is 4. The summed E-state index contributed by atoms with van der Waals surface area (Å²) in [5.74, 6) is 0. The summed E-state index contributed by atoms with van der Waals surface area (Å²) in [7, 11) is 2.17. The van der Waals surface area contributed by atoms with E-state index in [-0.39, 0.29) is 0 Å². The molecular weight excluding hydrogens is 348 g/mol. The van der Waals surface area contributed by atoms with E-state index < -0.39 is 0 Å². The van der Waals surface area contributed by atoms with Crippen LogP contribution in [-0.4, -0.2) is 69.5 Å². The number of aryl methyl sites for hydroxylation is 1. The van der Waals surface area contributed by atoms with Crippen LogP contribution in [0.3, 0.4) is 0 Å². The van der Waals surface area contributed by atoms with Gasteiger partial charge in [0.05, 0.1) is 22.6 Å². The van der Waals surface area contributed by atoms with Gasteiger partial charge in [0.1, 0.15) is 5.69 Å². The molecule has 1 aliphatic rings. The third-order valence-corrected chi connectivity index (χ3v) is 5.49. The number of halogens is 1. The molecule has 1 aliphatic heterocycles. The lowest BCUT2D eigenvalue weighted by Crippen LogP contribution is -2.45. The lowest BCUT2D eigenvalue weighted by atomic mass is 10.1. The molecule has 1 aromatic carbocycles. The van der Waals surface area contributed by atoms with Gasteiger partial charge in [-0.3, -0.25) is 4.90 Å². The van der Waals surface area contributed by atoms with Gasteiger partial charge in [0, 0.05) is 38.3 Å². The number of likely N-dealkylation sites (N-methyl/N-ethyl adjacent to an activating group) is 1. The molecule has 1 fully saturated rings. The van der Waals surface area contributed by atoms with Crippen LogP contribution in [0, 0.1) is 6.92 Å². The topological polar surface area (TPSA) is 50.1 Å². The summed E-state index contributed by atoms with van der Waals surface area (Å²) < 4.78 is 1.95. The van der Waals surface area contributed by atoms with Gasteiger partial charge in [-0.15, -0.1) is 5.10 Å². The van der Waals surface area contributed by atoms with Gasteiger partial charge < -0.3 is 4.90 Å². The Labute approximate surface area is 158 Å². The quantitative estimate of drug-likeness (QED) is 0.706. The molecule has 136 valence electrons. The Kier molecular flexibility index (Phi) is 4.89. The monoisotopic (exact) mass is 370 g/mol. The molecule has 26 heavy (non-hydrogen) atoms. The molecule has 2 aromatic heterocycles. The Balaban J connectivity index is 1.68. The van der Waals surface area contributed by atoms with Crippen LogP contribution in [0.4, 0.5) is 0 Å². The number of hydrogen-bond acceptors (Lipinski definition) is 5. The summed E-state index contributed by atoms with van der Waals surface area (Å²) in [5, 5.41) is 15.0. The zero-order valence-corrected chi connectivity index (χ0v) is 15.9. The van der Waals surface area contributed by atoms with E-state index in [4.69, 9.17) is 16.7 Å². The van der Waals surface area contributed by atoms with Crippen molar-refractivity contribution in [3.8, 4) is 11.3 Å². The molecule has 3 aromatic rings. The van der Waals surface area contributed by atoms with Gasteiger partial charge in [-0.25, -0.2) is 4.68 Å². The van der Waals surface area contributed by atoms with Gasteiger partial charge >= 0.3 is 0 Å². The van der Waals surface area contributed by atoms with Gasteiger partial charge in [0.25, 0.3) is 0 Å². The molecule has 0 radical (unpaired) electrons. The van der Waals surface area contributed by atoms with Crippen molar-refractivity contribution >= 4 is 22.6 Å². The fraction of sp³-hybridized carbons (Fsp3) is 0.421. The molecule has 6 nitrogen and oxygen atoms in total. The Morgan fingerprint density at radius 2 is 1.73 bits per heavy atom.